The molecule has 156 valence electrons. The van der Waals surface area contributed by atoms with Gasteiger partial charge in [0.1, 0.15) is 12.4 Å². The van der Waals surface area contributed by atoms with Crippen LogP contribution in [0.4, 0.5) is 0 Å². The number of ether oxygens (including phenoxy) is 1. The van der Waals surface area contributed by atoms with E-state index < -0.39 is 10.0 Å². The Kier molecular flexibility index (Phi) is 6.16. The van der Waals surface area contributed by atoms with Crippen LogP contribution in [-0.2, 0) is 22.9 Å². The van der Waals surface area contributed by atoms with E-state index in [9.17, 15) is 8.42 Å². The lowest BCUT2D eigenvalue weighted by Crippen LogP contribution is -2.34. The van der Waals surface area contributed by atoms with Crippen LogP contribution in [0.15, 0.2) is 42.5 Å². The summed E-state index contributed by atoms with van der Waals surface area (Å²) in [7, 11) is -3.08. The van der Waals surface area contributed by atoms with E-state index in [1.54, 1.807) is 0 Å². The molecule has 0 spiro atoms. The van der Waals surface area contributed by atoms with Gasteiger partial charge in [-0.3, -0.25) is 0 Å². The SMILES string of the molecule is NC1CCc2ccc(OCCN3CCCS3(=O)=O)cc2C1Cc1cccc(Cl)c1. The van der Waals surface area contributed by atoms with Crippen LogP contribution in [0.2, 0.25) is 5.02 Å². The van der Waals surface area contributed by atoms with Gasteiger partial charge in [0, 0.05) is 30.1 Å². The molecule has 1 fully saturated rings. The molecule has 2 N–H and O–H groups in total. The smallest absolute Gasteiger partial charge is 0.214 e. The molecule has 29 heavy (non-hydrogen) atoms. The van der Waals surface area contributed by atoms with Gasteiger partial charge in [0.15, 0.2) is 0 Å². The molecule has 1 heterocycles. The minimum absolute atomic E-state index is 0.0893. The second-order valence-corrected chi connectivity index (χ2v) is 10.4. The fraction of sp³-hybridized carbons (Fsp3) is 0.455. The number of hydrogen-bond donors (Lipinski definition) is 1. The van der Waals surface area contributed by atoms with Crippen LogP contribution < -0.4 is 10.5 Å². The molecule has 2 aliphatic rings. The second-order valence-electron chi connectivity index (χ2n) is 7.92. The van der Waals surface area contributed by atoms with Crippen molar-refractivity contribution in [2.75, 3.05) is 25.4 Å². The van der Waals surface area contributed by atoms with Crippen molar-refractivity contribution in [1.29, 1.82) is 0 Å². The van der Waals surface area contributed by atoms with E-state index in [1.807, 2.05) is 24.3 Å². The van der Waals surface area contributed by atoms with E-state index in [1.165, 1.54) is 21.0 Å². The Hall–Kier alpha value is -1.60. The summed E-state index contributed by atoms with van der Waals surface area (Å²) in [4.78, 5) is 0. The van der Waals surface area contributed by atoms with Crippen molar-refractivity contribution in [3.05, 3.63) is 64.2 Å². The van der Waals surface area contributed by atoms with E-state index in [4.69, 9.17) is 22.1 Å². The molecular weight excluding hydrogens is 408 g/mol. The number of sulfonamides is 1. The van der Waals surface area contributed by atoms with Gasteiger partial charge in [-0.25, -0.2) is 8.42 Å². The summed E-state index contributed by atoms with van der Waals surface area (Å²) in [5, 5.41) is 0.737. The number of benzene rings is 2. The summed E-state index contributed by atoms with van der Waals surface area (Å²) in [6, 6.07) is 14.2. The minimum atomic E-state index is -3.08. The summed E-state index contributed by atoms with van der Waals surface area (Å²) in [5.41, 5.74) is 10.2. The van der Waals surface area contributed by atoms with Gasteiger partial charge in [-0.15, -0.1) is 0 Å². The van der Waals surface area contributed by atoms with E-state index in [2.05, 4.69) is 18.2 Å². The average Bonchev–Trinajstić information content (AvgIpc) is 3.02. The summed E-state index contributed by atoms with van der Waals surface area (Å²) in [5.74, 6) is 1.22. The summed E-state index contributed by atoms with van der Waals surface area (Å²) in [6.45, 7) is 1.33. The van der Waals surface area contributed by atoms with Crippen LogP contribution in [0.25, 0.3) is 0 Å². The number of hydrogen-bond acceptors (Lipinski definition) is 4. The van der Waals surface area contributed by atoms with Gasteiger partial charge in [-0.2, -0.15) is 4.31 Å². The minimum Gasteiger partial charge on any atom is -0.492 e. The molecule has 2 aromatic carbocycles. The summed E-state index contributed by atoms with van der Waals surface area (Å²) >= 11 is 6.16. The molecule has 0 amide bonds. The third kappa shape index (κ3) is 4.77. The maximum Gasteiger partial charge on any atom is 0.214 e. The maximum absolute atomic E-state index is 11.9. The number of nitrogens with zero attached hydrogens (tertiary/aromatic N) is 1. The third-order valence-electron chi connectivity index (χ3n) is 5.94. The Labute approximate surface area is 177 Å². The number of fused-ring (bicyclic) bond motifs is 1. The first-order valence-corrected chi connectivity index (χ1v) is 12.1. The third-order valence-corrected chi connectivity index (χ3v) is 8.13. The van der Waals surface area contributed by atoms with Gasteiger partial charge in [0.2, 0.25) is 10.0 Å². The Morgan fingerprint density at radius 3 is 2.83 bits per heavy atom. The van der Waals surface area contributed by atoms with E-state index >= 15 is 0 Å². The van der Waals surface area contributed by atoms with Gasteiger partial charge in [0.25, 0.3) is 0 Å². The monoisotopic (exact) mass is 434 g/mol. The van der Waals surface area contributed by atoms with E-state index in [-0.39, 0.29) is 17.7 Å². The van der Waals surface area contributed by atoms with Crippen molar-refractivity contribution in [1.82, 2.24) is 4.31 Å². The normalized spacial score (nSPS) is 23.7. The molecule has 2 aromatic rings. The molecule has 4 rings (SSSR count). The molecule has 2 unspecified atom stereocenters. The highest BCUT2D eigenvalue weighted by atomic mass is 35.5. The summed E-state index contributed by atoms with van der Waals surface area (Å²) < 4.78 is 31.3. The zero-order chi connectivity index (χ0) is 20.4. The van der Waals surface area contributed by atoms with Crippen molar-refractivity contribution in [2.45, 2.75) is 37.6 Å². The molecule has 0 aromatic heterocycles. The highest BCUT2D eigenvalue weighted by molar-refractivity contribution is 7.89. The van der Waals surface area contributed by atoms with Crippen LogP contribution >= 0.6 is 11.6 Å². The number of aryl methyl sites for hydroxylation is 1. The number of nitrogens with two attached hydrogens (primary N) is 1. The molecule has 2 atom stereocenters. The first-order valence-electron chi connectivity index (χ1n) is 10.2. The van der Waals surface area contributed by atoms with Gasteiger partial charge in [-0.1, -0.05) is 29.8 Å². The number of rotatable bonds is 6. The van der Waals surface area contributed by atoms with Crippen molar-refractivity contribution in [3.63, 3.8) is 0 Å². The fourth-order valence-electron chi connectivity index (χ4n) is 4.38. The van der Waals surface area contributed by atoms with Crippen LogP contribution in [-0.4, -0.2) is 44.2 Å². The second kappa shape index (κ2) is 8.64. The molecule has 0 radical (unpaired) electrons. The first-order chi connectivity index (χ1) is 13.9. The predicted molar refractivity (Wildman–Crippen MR) is 116 cm³/mol. The Balaban J connectivity index is 1.47. The zero-order valence-electron chi connectivity index (χ0n) is 16.4. The Morgan fingerprint density at radius 2 is 2.07 bits per heavy atom. The topological polar surface area (TPSA) is 72.6 Å². The van der Waals surface area contributed by atoms with Gasteiger partial charge in [0.05, 0.1) is 5.75 Å². The molecule has 7 heteroatoms. The van der Waals surface area contributed by atoms with E-state index in [0.717, 1.165) is 30.0 Å². The van der Waals surface area contributed by atoms with Gasteiger partial charge >= 0.3 is 0 Å². The van der Waals surface area contributed by atoms with Gasteiger partial charge in [-0.05, 0) is 66.6 Å². The lowest BCUT2D eigenvalue weighted by molar-refractivity contribution is 0.278. The van der Waals surface area contributed by atoms with Crippen molar-refractivity contribution < 1.29 is 13.2 Å². The van der Waals surface area contributed by atoms with Crippen molar-refractivity contribution in [3.8, 4) is 5.75 Å². The maximum atomic E-state index is 11.9. The van der Waals surface area contributed by atoms with Crippen molar-refractivity contribution in [2.24, 2.45) is 5.73 Å². The van der Waals surface area contributed by atoms with Crippen molar-refractivity contribution >= 4 is 21.6 Å². The molecule has 0 saturated carbocycles. The Morgan fingerprint density at radius 1 is 1.21 bits per heavy atom. The lowest BCUT2D eigenvalue weighted by Gasteiger charge is -2.32. The zero-order valence-corrected chi connectivity index (χ0v) is 18.0. The highest BCUT2D eigenvalue weighted by Gasteiger charge is 2.29. The van der Waals surface area contributed by atoms with Gasteiger partial charge < -0.3 is 10.5 Å². The highest BCUT2D eigenvalue weighted by Crippen LogP contribution is 2.36. The summed E-state index contributed by atoms with van der Waals surface area (Å²) in [6.07, 6.45) is 3.47. The molecule has 1 saturated heterocycles. The molecule has 1 aliphatic heterocycles. The van der Waals surface area contributed by atoms with Crippen LogP contribution in [0.1, 0.15) is 35.4 Å². The fourth-order valence-corrected chi connectivity index (χ4v) is 6.10. The predicted octanol–water partition coefficient (Wildman–Crippen LogP) is 3.35. The lowest BCUT2D eigenvalue weighted by atomic mass is 9.76. The molecule has 5 nitrogen and oxygen atoms in total. The quantitative estimate of drug-likeness (QED) is 0.756. The largest absolute Gasteiger partial charge is 0.492 e. The molecular formula is C22H27ClN2O3S. The Bertz CT molecular complexity index is 980. The molecule has 0 bridgehead atoms. The molecule has 1 aliphatic carbocycles. The van der Waals surface area contributed by atoms with E-state index in [0.29, 0.717) is 26.1 Å². The van der Waals surface area contributed by atoms with Crippen LogP contribution in [0, 0.1) is 0 Å². The average molecular weight is 435 g/mol. The van der Waals surface area contributed by atoms with Crippen LogP contribution in [0.3, 0.4) is 0 Å². The number of halogens is 1. The standard InChI is InChI=1S/C22H27ClN2O3S/c23-18-4-1-3-16(13-18)14-21-20-15-19(7-5-17(20)6-8-22(21)24)28-11-10-25-9-2-12-29(25,26)27/h1,3-5,7,13,15,21-22H,2,6,8-12,14,24H2. The first kappa shape index (κ1) is 20.7. The van der Waals surface area contributed by atoms with Crippen LogP contribution in [0.5, 0.6) is 5.75 Å².